The molecule has 0 saturated heterocycles. The van der Waals surface area contributed by atoms with E-state index in [2.05, 4.69) is 10.6 Å². The fourth-order valence-corrected chi connectivity index (χ4v) is 1.80. The van der Waals surface area contributed by atoms with Gasteiger partial charge in [-0.25, -0.2) is 0 Å². The molecular weight excluding hydrogens is 292 g/mol. The highest BCUT2D eigenvalue weighted by atomic mass is 35.5. The Balaban J connectivity index is 2.66. The molecule has 0 aliphatic carbocycles. The van der Waals surface area contributed by atoms with Crippen molar-refractivity contribution in [3.8, 4) is 5.75 Å². The summed E-state index contributed by atoms with van der Waals surface area (Å²) in [6.45, 7) is 6.35. The van der Waals surface area contributed by atoms with Crippen molar-refractivity contribution in [2.24, 2.45) is 5.92 Å². The van der Waals surface area contributed by atoms with Crippen molar-refractivity contribution in [3.05, 3.63) is 22.7 Å². The first kappa shape index (κ1) is 17.3. The molecule has 0 radical (unpaired) electrons. The van der Waals surface area contributed by atoms with Gasteiger partial charge >= 0.3 is 0 Å². The predicted molar refractivity (Wildman–Crippen MR) is 83.8 cm³/mol. The largest absolute Gasteiger partial charge is 0.495 e. The lowest BCUT2D eigenvalue weighted by Crippen LogP contribution is -2.30. The third-order valence-electron chi connectivity index (χ3n) is 2.78. The third kappa shape index (κ3) is 5.63. The Morgan fingerprint density at radius 1 is 1.29 bits per heavy atom. The molecule has 0 fully saturated rings. The standard InChI is InChI=1S/C15H21ClN2O3/c1-9(2)8-17-14(19)7-15(20)18-12-5-10(3)11(16)6-13(12)21-4/h5-6,9H,7-8H2,1-4H3,(H,17,19)(H,18,20). The second-order valence-electron chi connectivity index (χ2n) is 5.22. The van der Waals surface area contributed by atoms with Gasteiger partial charge < -0.3 is 15.4 Å². The van der Waals surface area contributed by atoms with E-state index in [-0.39, 0.29) is 12.3 Å². The number of nitrogens with one attached hydrogen (secondary N) is 2. The Labute approximate surface area is 130 Å². The lowest BCUT2D eigenvalue weighted by Gasteiger charge is -2.12. The zero-order valence-corrected chi connectivity index (χ0v) is 13.5. The summed E-state index contributed by atoms with van der Waals surface area (Å²) in [5.41, 5.74) is 1.32. The van der Waals surface area contributed by atoms with Gasteiger partial charge in [0.15, 0.2) is 0 Å². The normalized spacial score (nSPS) is 10.4. The topological polar surface area (TPSA) is 67.4 Å². The third-order valence-corrected chi connectivity index (χ3v) is 3.19. The van der Waals surface area contributed by atoms with Crippen molar-refractivity contribution in [3.63, 3.8) is 0 Å². The molecule has 0 aliphatic heterocycles. The van der Waals surface area contributed by atoms with E-state index >= 15 is 0 Å². The van der Waals surface area contributed by atoms with Gasteiger partial charge in [0.05, 0.1) is 12.8 Å². The number of hydrogen-bond donors (Lipinski definition) is 2. The first-order valence-corrected chi connectivity index (χ1v) is 7.12. The van der Waals surface area contributed by atoms with Crippen molar-refractivity contribution in [2.75, 3.05) is 19.0 Å². The Bertz CT molecular complexity index is 530. The fourth-order valence-electron chi connectivity index (χ4n) is 1.65. The van der Waals surface area contributed by atoms with E-state index in [0.717, 1.165) is 5.56 Å². The van der Waals surface area contributed by atoms with Crippen LogP contribution in [0.3, 0.4) is 0 Å². The number of anilines is 1. The first-order valence-electron chi connectivity index (χ1n) is 6.74. The van der Waals surface area contributed by atoms with Gasteiger partial charge in [-0.3, -0.25) is 9.59 Å². The van der Waals surface area contributed by atoms with E-state index in [9.17, 15) is 9.59 Å². The summed E-state index contributed by atoms with van der Waals surface area (Å²) < 4.78 is 5.17. The maximum Gasteiger partial charge on any atom is 0.233 e. The van der Waals surface area contributed by atoms with Crippen LogP contribution in [0, 0.1) is 12.8 Å². The molecular formula is C15H21ClN2O3. The van der Waals surface area contributed by atoms with Crippen LogP contribution in [0.25, 0.3) is 0 Å². The monoisotopic (exact) mass is 312 g/mol. The Kier molecular flexibility index (Phi) is 6.49. The smallest absolute Gasteiger partial charge is 0.233 e. The van der Waals surface area contributed by atoms with E-state index < -0.39 is 5.91 Å². The Hall–Kier alpha value is -1.75. The number of carbonyl (C=O) groups excluding carboxylic acids is 2. The van der Waals surface area contributed by atoms with Crippen molar-refractivity contribution in [2.45, 2.75) is 27.2 Å². The quantitative estimate of drug-likeness (QED) is 0.794. The van der Waals surface area contributed by atoms with Crippen LogP contribution in [-0.2, 0) is 9.59 Å². The molecule has 5 nitrogen and oxygen atoms in total. The minimum absolute atomic E-state index is 0.225. The number of ether oxygens (including phenoxy) is 1. The number of amides is 2. The average Bonchev–Trinajstić information content (AvgIpc) is 2.40. The molecule has 6 heteroatoms. The van der Waals surface area contributed by atoms with Gasteiger partial charge in [-0.15, -0.1) is 0 Å². The summed E-state index contributed by atoms with van der Waals surface area (Å²) in [5, 5.41) is 5.92. The summed E-state index contributed by atoms with van der Waals surface area (Å²) in [5.74, 6) is 0.111. The molecule has 2 N–H and O–H groups in total. The Morgan fingerprint density at radius 3 is 2.52 bits per heavy atom. The minimum Gasteiger partial charge on any atom is -0.495 e. The van der Waals surface area contributed by atoms with Crippen LogP contribution in [-0.4, -0.2) is 25.5 Å². The molecule has 0 aliphatic rings. The summed E-state index contributed by atoms with van der Waals surface area (Å²) in [6.07, 6.45) is -0.225. The van der Waals surface area contributed by atoms with Crippen LogP contribution >= 0.6 is 11.6 Å². The number of rotatable bonds is 6. The molecule has 116 valence electrons. The maximum absolute atomic E-state index is 11.9. The van der Waals surface area contributed by atoms with Crippen molar-refractivity contribution in [1.29, 1.82) is 0 Å². The summed E-state index contributed by atoms with van der Waals surface area (Å²) in [7, 11) is 1.49. The van der Waals surface area contributed by atoms with Gasteiger partial charge in [0.2, 0.25) is 11.8 Å². The zero-order chi connectivity index (χ0) is 16.0. The SMILES string of the molecule is COc1cc(Cl)c(C)cc1NC(=O)CC(=O)NCC(C)C. The molecule has 1 aromatic rings. The minimum atomic E-state index is -0.392. The number of aryl methyl sites for hydroxylation is 1. The fraction of sp³-hybridized carbons (Fsp3) is 0.467. The molecule has 0 aromatic heterocycles. The average molecular weight is 313 g/mol. The van der Waals surface area contributed by atoms with E-state index in [0.29, 0.717) is 28.9 Å². The number of methoxy groups -OCH3 is 1. The molecule has 1 rings (SSSR count). The molecule has 0 saturated carbocycles. The molecule has 0 unspecified atom stereocenters. The predicted octanol–water partition coefficient (Wildman–Crippen LogP) is 2.76. The Morgan fingerprint density at radius 2 is 1.95 bits per heavy atom. The second-order valence-corrected chi connectivity index (χ2v) is 5.63. The molecule has 21 heavy (non-hydrogen) atoms. The van der Waals surface area contributed by atoms with Crippen molar-refractivity contribution in [1.82, 2.24) is 5.32 Å². The first-order chi connectivity index (χ1) is 9.83. The highest BCUT2D eigenvalue weighted by molar-refractivity contribution is 6.31. The van der Waals surface area contributed by atoms with Crippen LogP contribution in [0.2, 0.25) is 5.02 Å². The molecule has 0 heterocycles. The van der Waals surface area contributed by atoms with Crippen LogP contribution in [0.1, 0.15) is 25.8 Å². The van der Waals surface area contributed by atoms with Gasteiger partial charge in [-0.2, -0.15) is 0 Å². The highest BCUT2D eigenvalue weighted by Gasteiger charge is 2.13. The van der Waals surface area contributed by atoms with E-state index in [1.54, 1.807) is 12.1 Å². The van der Waals surface area contributed by atoms with Crippen LogP contribution in [0.5, 0.6) is 5.75 Å². The summed E-state index contributed by atoms with van der Waals surface area (Å²) in [4.78, 5) is 23.5. The molecule has 2 amide bonds. The lowest BCUT2D eigenvalue weighted by molar-refractivity contribution is -0.126. The zero-order valence-electron chi connectivity index (χ0n) is 12.7. The summed E-state index contributed by atoms with van der Waals surface area (Å²) >= 11 is 6.00. The number of benzene rings is 1. The summed E-state index contributed by atoms with van der Waals surface area (Å²) in [6, 6.07) is 3.34. The maximum atomic E-state index is 11.9. The van der Waals surface area contributed by atoms with Gasteiger partial charge in [-0.05, 0) is 24.5 Å². The van der Waals surface area contributed by atoms with Crippen LogP contribution in [0.4, 0.5) is 5.69 Å². The van der Waals surface area contributed by atoms with Crippen LogP contribution < -0.4 is 15.4 Å². The van der Waals surface area contributed by atoms with Gasteiger partial charge in [-0.1, -0.05) is 25.4 Å². The molecule has 0 bridgehead atoms. The number of carbonyl (C=O) groups is 2. The van der Waals surface area contributed by atoms with Crippen molar-refractivity contribution >= 4 is 29.1 Å². The number of halogens is 1. The van der Waals surface area contributed by atoms with E-state index in [1.807, 2.05) is 20.8 Å². The second kappa shape index (κ2) is 7.88. The number of hydrogen-bond acceptors (Lipinski definition) is 3. The van der Waals surface area contributed by atoms with Crippen LogP contribution in [0.15, 0.2) is 12.1 Å². The molecule has 1 aromatic carbocycles. The van der Waals surface area contributed by atoms with E-state index in [4.69, 9.17) is 16.3 Å². The molecule has 0 spiro atoms. The highest BCUT2D eigenvalue weighted by Crippen LogP contribution is 2.30. The van der Waals surface area contributed by atoms with Gasteiger partial charge in [0.1, 0.15) is 12.2 Å². The van der Waals surface area contributed by atoms with Gasteiger partial charge in [0.25, 0.3) is 0 Å². The lowest BCUT2D eigenvalue weighted by atomic mass is 10.2. The van der Waals surface area contributed by atoms with E-state index in [1.165, 1.54) is 7.11 Å². The van der Waals surface area contributed by atoms with Crippen molar-refractivity contribution < 1.29 is 14.3 Å². The molecule has 0 atom stereocenters. The van der Waals surface area contributed by atoms with Gasteiger partial charge in [0, 0.05) is 17.6 Å².